The largest absolute Gasteiger partial charge is 0.469 e. The van der Waals surface area contributed by atoms with Crippen molar-refractivity contribution in [2.75, 3.05) is 0 Å². The van der Waals surface area contributed by atoms with E-state index in [9.17, 15) is 8.78 Å². The number of aryl methyl sites for hydroxylation is 1. The molecule has 0 saturated carbocycles. The normalized spacial score (nSPS) is 11.2. The highest BCUT2D eigenvalue weighted by Gasteiger charge is 2.14. The summed E-state index contributed by atoms with van der Waals surface area (Å²) in [6, 6.07) is 8.41. The van der Waals surface area contributed by atoms with Crippen LogP contribution in [0.2, 0.25) is 0 Å². The molecule has 0 fully saturated rings. The van der Waals surface area contributed by atoms with Crippen LogP contribution in [0.5, 0.6) is 5.75 Å². The fourth-order valence-electron chi connectivity index (χ4n) is 2.21. The van der Waals surface area contributed by atoms with Gasteiger partial charge in [0.05, 0.1) is 11.8 Å². The van der Waals surface area contributed by atoms with Crippen LogP contribution in [0.25, 0.3) is 11.4 Å². The number of furan rings is 1. The molecule has 8 heteroatoms. The van der Waals surface area contributed by atoms with Crippen LogP contribution in [-0.2, 0) is 12.8 Å². The lowest BCUT2D eigenvalue weighted by Crippen LogP contribution is -2.01. The summed E-state index contributed by atoms with van der Waals surface area (Å²) in [4.78, 5) is 0. The van der Waals surface area contributed by atoms with Gasteiger partial charge in [0.25, 0.3) is 0 Å². The minimum atomic E-state index is -2.81. The number of ether oxygens (including phenoxy) is 1. The summed E-state index contributed by atoms with van der Waals surface area (Å²) in [5.74, 6) is 2.32. The molecule has 0 aliphatic carbocycles. The summed E-state index contributed by atoms with van der Waals surface area (Å²) >= 11 is 1.51. The molecule has 0 bridgehead atoms. The maximum atomic E-state index is 12.1. The molecule has 0 amide bonds. The molecule has 0 radical (unpaired) electrons. The van der Waals surface area contributed by atoms with Crippen molar-refractivity contribution in [3.63, 3.8) is 0 Å². The van der Waals surface area contributed by atoms with Crippen molar-refractivity contribution >= 4 is 11.8 Å². The first-order valence-corrected chi connectivity index (χ1v) is 8.13. The second-order valence-corrected chi connectivity index (χ2v) is 6.01. The number of hydrogen-bond acceptors (Lipinski definition) is 5. The van der Waals surface area contributed by atoms with Crippen molar-refractivity contribution in [1.29, 1.82) is 0 Å². The number of halogens is 2. The third kappa shape index (κ3) is 3.59. The Morgan fingerprint density at radius 1 is 1.21 bits per heavy atom. The number of aromatic nitrogens is 3. The predicted octanol–water partition coefficient (Wildman–Crippen LogP) is 4.28. The van der Waals surface area contributed by atoms with Crippen LogP contribution in [0.15, 0.2) is 46.2 Å². The first-order valence-electron chi connectivity index (χ1n) is 7.15. The second kappa shape index (κ2) is 7.04. The first kappa shape index (κ1) is 16.5. The second-order valence-electron chi connectivity index (χ2n) is 5.07. The number of nitrogens with zero attached hydrogens (tertiary/aromatic N) is 3. The molecule has 0 aliphatic heterocycles. The predicted molar refractivity (Wildman–Crippen MR) is 86.1 cm³/mol. The number of alkyl halides is 2. The van der Waals surface area contributed by atoms with Crippen LogP contribution in [-0.4, -0.2) is 21.4 Å². The van der Waals surface area contributed by atoms with E-state index in [0.717, 1.165) is 27.9 Å². The Balaban J connectivity index is 1.67. The zero-order chi connectivity index (χ0) is 17.1. The van der Waals surface area contributed by atoms with Crippen LogP contribution < -0.4 is 4.74 Å². The van der Waals surface area contributed by atoms with Crippen molar-refractivity contribution < 1.29 is 17.9 Å². The SMILES string of the molecule is Cc1occc1-c1nnc(SCc2ccc(OC(F)F)cc2)n1C. The molecular formula is C16H15F2N3O2S. The molecule has 0 unspecified atom stereocenters. The molecule has 5 nitrogen and oxygen atoms in total. The summed E-state index contributed by atoms with van der Waals surface area (Å²) in [5, 5.41) is 9.16. The fraction of sp³-hybridized carbons (Fsp3) is 0.250. The van der Waals surface area contributed by atoms with Gasteiger partial charge in [-0.25, -0.2) is 0 Å². The zero-order valence-corrected chi connectivity index (χ0v) is 13.9. The lowest BCUT2D eigenvalue weighted by atomic mass is 10.2. The average molecular weight is 351 g/mol. The van der Waals surface area contributed by atoms with Crippen molar-refractivity contribution in [2.24, 2.45) is 7.05 Å². The van der Waals surface area contributed by atoms with E-state index in [0.29, 0.717) is 5.75 Å². The lowest BCUT2D eigenvalue weighted by molar-refractivity contribution is -0.0498. The molecule has 2 aromatic heterocycles. The van der Waals surface area contributed by atoms with Gasteiger partial charge in [0.15, 0.2) is 11.0 Å². The van der Waals surface area contributed by atoms with Crippen LogP contribution >= 0.6 is 11.8 Å². The van der Waals surface area contributed by atoms with Crippen LogP contribution in [0, 0.1) is 6.92 Å². The van der Waals surface area contributed by atoms with E-state index in [2.05, 4.69) is 14.9 Å². The van der Waals surface area contributed by atoms with E-state index in [-0.39, 0.29) is 5.75 Å². The van der Waals surface area contributed by atoms with Crippen LogP contribution in [0.3, 0.4) is 0 Å². The van der Waals surface area contributed by atoms with Gasteiger partial charge < -0.3 is 13.7 Å². The maximum absolute atomic E-state index is 12.1. The summed E-state index contributed by atoms with van der Waals surface area (Å²) in [5.41, 5.74) is 1.89. The number of thioether (sulfide) groups is 1. The molecule has 0 N–H and O–H groups in total. The topological polar surface area (TPSA) is 53.1 Å². The lowest BCUT2D eigenvalue weighted by Gasteiger charge is -2.06. The highest BCUT2D eigenvalue weighted by molar-refractivity contribution is 7.98. The monoisotopic (exact) mass is 351 g/mol. The third-order valence-electron chi connectivity index (χ3n) is 3.45. The molecular weight excluding hydrogens is 336 g/mol. The van der Waals surface area contributed by atoms with E-state index < -0.39 is 6.61 Å². The Bertz CT molecular complexity index is 815. The van der Waals surface area contributed by atoms with Gasteiger partial charge in [-0.2, -0.15) is 8.78 Å². The zero-order valence-electron chi connectivity index (χ0n) is 13.1. The third-order valence-corrected chi connectivity index (χ3v) is 4.54. The molecule has 126 valence electrons. The molecule has 2 heterocycles. The Morgan fingerprint density at radius 3 is 2.58 bits per heavy atom. The van der Waals surface area contributed by atoms with Gasteiger partial charge in [0.2, 0.25) is 0 Å². The Morgan fingerprint density at radius 2 is 1.96 bits per heavy atom. The van der Waals surface area contributed by atoms with Crippen molar-refractivity contribution in [3.8, 4) is 17.1 Å². The number of benzene rings is 1. The Kier molecular flexibility index (Phi) is 4.84. The van der Waals surface area contributed by atoms with Gasteiger partial charge >= 0.3 is 6.61 Å². The van der Waals surface area contributed by atoms with Crippen molar-refractivity contribution in [2.45, 2.75) is 24.4 Å². The van der Waals surface area contributed by atoms with Gasteiger partial charge in [0.1, 0.15) is 11.5 Å². The molecule has 3 rings (SSSR count). The summed E-state index contributed by atoms with van der Waals surface area (Å²) in [6.45, 7) is -0.937. The first-order chi connectivity index (χ1) is 11.5. The average Bonchev–Trinajstić information content (AvgIpc) is 3.12. The summed E-state index contributed by atoms with van der Waals surface area (Å²) in [7, 11) is 1.89. The van der Waals surface area contributed by atoms with E-state index >= 15 is 0 Å². The molecule has 0 aliphatic rings. The van der Waals surface area contributed by atoms with Gasteiger partial charge in [0, 0.05) is 12.8 Å². The van der Waals surface area contributed by atoms with E-state index in [1.165, 1.54) is 23.9 Å². The smallest absolute Gasteiger partial charge is 0.387 e. The Hall–Kier alpha value is -2.35. The molecule has 0 atom stereocenters. The quantitative estimate of drug-likeness (QED) is 0.621. The van der Waals surface area contributed by atoms with Gasteiger partial charge in [-0.1, -0.05) is 23.9 Å². The van der Waals surface area contributed by atoms with Gasteiger partial charge in [-0.15, -0.1) is 10.2 Å². The highest BCUT2D eigenvalue weighted by atomic mass is 32.2. The molecule has 1 aromatic carbocycles. The summed E-state index contributed by atoms with van der Waals surface area (Å²) in [6.07, 6.45) is 1.62. The standard InChI is InChI=1S/C16H15F2N3O2S/c1-10-13(7-8-22-10)14-19-20-16(21(14)2)24-9-11-3-5-12(6-4-11)23-15(17)18/h3-8,15H,9H2,1-2H3. The van der Waals surface area contributed by atoms with Crippen molar-refractivity contribution in [1.82, 2.24) is 14.8 Å². The number of rotatable bonds is 6. The summed E-state index contributed by atoms with van der Waals surface area (Å²) < 4.78 is 35.8. The van der Waals surface area contributed by atoms with E-state index in [1.807, 2.05) is 24.6 Å². The minimum absolute atomic E-state index is 0.148. The van der Waals surface area contributed by atoms with Gasteiger partial charge in [-0.3, -0.25) is 0 Å². The molecule has 3 aromatic rings. The molecule has 0 spiro atoms. The minimum Gasteiger partial charge on any atom is -0.469 e. The fourth-order valence-corrected chi connectivity index (χ4v) is 3.07. The van der Waals surface area contributed by atoms with Crippen molar-refractivity contribution in [3.05, 3.63) is 47.9 Å². The highest BCUT2D eigenvalue weighted by Crippen LogP contribution is 2.28. The number of hydrogen-bond donors (Lipinski definition) is 0. The van der Waals surface area contributed by atoms with E-state index in [4.69, 9.17) is 4.42 Å². The van der Waals surface area contributed by atoms with Gasteiger partial charge in [-0.05, 0) is 30.7 Å². The van der Waals surface area contributed by atoms with E-state index in [1.54, 1.807) is 18.4 Å². The maximum Gasteiger partial charge on any atom is 0.387 e. The molecule has 24 heavy (non-hydrogen) atoms. The Labute approximate surface area is 141 Å². The molecule has 0 saturated heterocycles. The van der Waals surface area contributed by atoms with Crippen LogP contribution in [0.1, 0.15) is 11.3 Å². The van der Waals surface area contributed by atoms with Crippen LogP contribution in [0.4, 0.5) is 8.78 Å².